The van der Waals surface area contributed by atoms with Crippen molar-refractivity contribution in [2.45, 2.75) is 17.9 Å². The zero-order valence-corrected chi connectivity index (χ0v) is 20.3. The molecular weight excluding hydrogens is 464 g/mol. The third-order valence-corrected chi connectivity index (χ3v) is 6.50. The average molecular weight is 491 g/mol. The maximum atomic E-state index is 12.8. The number of carbonyl (C=O) groups is 1. The molecule has 176 valence electrons. The Balaban J connectivity index is 1.52. The van der Waals surface area contributed by atoms with Crippen molar-refractivity contribution >= 4 is 27.1 Å². The van der Waals surface area contributed by atoms with Crippen molar-refractivity contribution in [1.82, 2.24) is 9.88 Å². The molecular formula is C23H26N2O6S2. The molecule has 2 aromatic carbocycles. The Labute approximate surface area is 197 Å². The zero-order chi connectivity index (χ0) is 23.8. The number of rotatable bonds is 11. The standard InChI is InChI=1S/C23H26N2O6S2/c1-25(10-5-11-30-19-6-4-7-20(13-19)33(3,27)28)23(26)17-8-9-21(22(12-17)29-2)31-14-18-15-32-16-24-18/h4,6-9,12-13,15-16H,5,10-11,14H2,1-3H3. The zero-order valence-electron chi connectivity index (χ0n) is 18.7. The number of ether oxygens (including phenoxy) is 3. The molecule has 1 amide bonds. The summed E-state index contributed by atoms with van der Waals surface area (Å²) in [6, 6.07) is 11.4. The predicted molar refractivity (Wildman–Crippen MR) is 126 cm³/mol. The molecule has 0 aliphatic heterocycles. The molecule has 0 saturated heterocycles. The second-order valence-electron chi connectivity index (χ2n) is 7.31. The highest BCUT2D eigenvalue weighted by atomic mass is 32.2. The Morgan fingerprint density at radius 2 is 1.94 bits per heavy atom. The molecule has 0 unspecified atom stereocenters. The van der Waals surface area contributed by atoms with Gasteiger partial charge in [0.2, 0.25) is 0 Å². The summed E-state index contributed by atoms with van der Waals surface area (Å²) in [5.41, 5.74) is 3.05. The van der Waals surface area contributed by atoms with Crippen LogP contribution >= 0.6 is 11.3 Å². The minimum absolute atomic E-state index is 0.154. The minimum atomic E-state index is -3.29. The van der Waals surface area contributed by atoms with Crippen LogP contribution in [-0.4, -0.2) is 57.8 Å². The fourth-order valence-electron chi connectivity index (χ4n) is 2.99. The third-order valence-electron chi connectivity index (χ3n) is 4.76. The van der Waals surface area contributed by atoms with E-state index in [0.717, 1.165) is 11.9 Å². The lowest BCUT2D eigenvalue weighted by Gasteiger charge is -2.18. The van der Waals surface area contributed by atoms with Crippen LogP contribution in [0.25, 0.3) is 0 Å². The smallest absolute Gasteiger partial charge is 0.253 e. The van der Waals surface area contributed by atoms with Crippen molar-refractivity contribution in [1.29, 1.82) is 0 Å². The van der Waals surface area contributed by atoms with Gasteiger partial charge in [0.1, 0.15) is 12.4 Å². The van der Waals surface area contributed by atoms with E-state index in [1.54, 1.807) is 47.8 Å². The first kappa shape index (κ1) is 24.5. The SMILES string of the molecule is COc1cc(C(=O)N(C)CCCOc2cccc(S(C)(=O)=O)c2)ccc1OCc1cscn1. The van der Waals surface area contributed by atoms with E-state index in [2.05, 4.69) is 4.98 Å². The molecule has 10 heteroatoms. The summed E-state index contributed by atoms with van der Waals surface area (Å²) in [7, 11) is -0.0492. The summed E-state index contributed by atoms with van der Waals surface area (Å²) in [6.07, 6.45) is 1.73. The van der Waals surface area contributed by atoms with E-state index in [0.29, 0.717) is 49.0 Å². The van der Waals surface area contributed by atoms with Crippen molar-refractivity contribution in [3.8, 4) is 17.2 Å². The molecule has 8 nitrogen and oxygen atoms in total. The van der Waals surface area contributed by atoms with Gasteiger partial charge in [-0.15, -0.1) is 11.3 Å². The molecule has 0 spiro atoms. The number of methoxy groups -OCH3 is 1. The van der Waals surface area contributed by atoms with Crippen molar-refractivity contribution in [2.75, 3.05) is 33.6 Å². The number of thiazole rings is 1. The maximum Gasteiger partial charge on any atom is 0.253 e. The minimum Gasteiger partial charge on any atom is -0.493 e. The van der Waals surface area contributed by atoms with Crippen LogP contribution in [0.15, 0.2) is 58.3 Å². The van der Waals surface area contributed by atoms with Gasteiger partial charge in [0.15, 0.2) is 21.3 Å². The van der Waals surface area contributed by atoms with Crippen molar-refractivity contribution in [3.63, 3.8) is 0 Å². The second-order valence-corrected chi connectivity index (χ2v) is 10.0. The number of amides is 1. The van der Waals surface area contributed by atoms with Crippen LogP contribution in [0.5, 0.6) is 17.2 Å². The topological polar surface area (TPSA) is 95.0 Å². The fraction of sp³-hybridized carbons (Fsp3) is 0.304. The van der Waals surface area contributed by atoms with Gasteiger partial charge in [-0.05, 0) is 42.8 Å². The fourth-order valence-corrected chi connectivity index (χ4v) is 4.19. The van der Waals surface area contributed by atoms with Crippen LogP contribution < -0.4 is 14.2 Å². The highest BCUT2D eigenvalue weighted by Crippen LogP contribution is 2.29. The lowest BCUT2D eigenvalue weighted by Crippen LogP contribution is -2.28. The molecule has 3 aromatic rings. The highest BCUT2D eigenvalue weighted by molar-refractivity contribution is 7.90. The number of benzene rings is 2. The number of nitrogens with zero attached hydrogens (tertiary/aromatic N) is 2. The normalized spacial score (nSPS) is 11.1. The van der Waals surface area contributed by atoms with Crippen LogP contribution in [0.2, 0.25) is 0 Å². The van der Waals surface area contributed by atoms with Gasteiger partial charge >= 0.3 is 0 Å². The summed E-state index contributed by atoms with van der Waals surface area (Å²) in [6.45, 7) is 1.13. The number of hydrogen-bond donors (Lipinski definition) is 0. The van der Waals surface area contributed by atoms with Gasteiger partial charge < -0.3 is 19.1 Å². The van der Waals surface area contributed by atoms with Gasteiger partial charge in [-0.25, -0.2) is 13.4 Å². The molecule has 0 fully saturated rings. The Morgan fingerprint density at radius 3 is 2.64 bits per heavy atom. The molecule has 0 saturated carbocycles. The molecule has 1 aromatic heterocycles. The van der Waals surface area contributed by atoms with E-state index < -0.39 is 9.84 Å². The van der Waals surface area contributed by atoms with E-state index in [9.17, 15) is 13.2 Å². The Bertz CT molecular complexity index is 1180. The summed E-state index contributed by atoms with van der Waals surface area (Å²) in [5.74, 6) is 1.33. The van der Waals surface area contributed by atoms with Crippen molar-refractivity contribution in [2.24, 2.45) is 0 Å². The molecule has 0 aliphatic rings. The molecule has 0 aliphatic carbocycles. The maximum absolute atomic E-state index is 12.8. The highest BCUT2D eigenvalue weighted by Gasteiger charge is 2.15. The first-order valence-electron chi connectivity index (χ1n) is 10.1. The lowest BCUT2D eigenvalue weighted by molar-refractivity contribution is 0.0787. The molecule has 0 radical (unpaired) electrons. The number of carbonyl (C=O) groups excluding carboxylic acids is 1. The van der Waals surface area contributed by atoms with E-state index in [1.807, 2.05) is 5.38 Å². The van der Waals surface area contributed by atoms with Crippen LogP contribution in [0, 0.1) is 0 Å². The molecule has 33 heavy (non-hydrogen) atoms. The van der Waals surface area contributed by atoms with Gasteiger partial charge in [-0.1, -0.05) is 6.07 Å². The van der Waals surface area contributed by atoms with Crippen LogP contribution in [0.1, 0.15) is 22.5 Å². The predicted octanol–water partition coefficient (Wildman–Crippen LogP) is 3.68. The largest absolute Gasteiger partial charge is 0.493 e. The second kappa shape index (κ2) is 11.2. The molecule has 0 atom stereocenters. The first-order chi connectivity index (χ1) is 15.8. The number of hydrogen-bond acceptors (Lipinski definition) is 8. The van der Waals surface area contributed by atoms with Gasteiger partial charge in [0.05, 0.1) is 29.8 Å². The molecule has 0 N–H and O–H groups in total. The summed E-state index contributed by atoms with van der Waals surface area (Å²) in [4.78, 5) is 18.8. The molecule has 0 bridgehead atoms. The summed E-state index contributed by atoms with van der Waals surface area (Å²) in [5, 5.41) is 1.91. The van der Waals surface area contributed by atoms with E-state index in [-0.39, 0.29) is 10.8 Å². The molecule has 3 rings (SSSR count). The Hall–Kier alpha value is -3.11. The first-order valence-corrected chi connectivity index (χ1v) is 13.0. The van der Waals surface area contributed by atoms with Gasteiger partial charge in [-0.3, -0.25) is 4.79 Å². The summed E-state index contributed by atoms with van der Waals surface area (Å²) >= 11 is 1.50. The van der Waals surface area contributed by atoms with Crippen molar-refractivity contribution in [3.05, 3.63) is 64.6 Å². The number of sulfone groups is 1. The van der Waals surface area contributed by atoms with Crippen molar-refractivity contribution < 1.29 is 27.4 Å². The quantitative estimate of drug-likeness (QED) is 0.379. The lowest BCUT2D eigenvalue weighted by atomic mass is 10.1. The van der Waals surface area contributed by atoms with E-state index in [1.165, 1.54) is 30.6 Å². The van der Waals surface area contributed by atoms with E-state index >= 15 is 0 Å². The monoisotopic (exact) mass is 490 g/mol. The number of aromatic nitrogens is 1. The third kappa shape index (κ3) is 6.93. The Morgan fingerprint density at radius 1 is 1.12 bits per heavy atom. The van der Waals surface area contributed by atoms with E-state index in [4.69, 9.17) is 14.2 Å². The Kier molecular flexibility index (Phi) is 8.29. The van der Waals surface area contributed by atoms with Gasteiger partial charge in [-0.2, -0.15) is 0 Å². The van der Waals surface area contributed by atoms with Gasteiger partial charge in [0, 0.05) is 30.8 Å². The molecule has 1 heterocycles. The van der Waals surface area contributed by atoms with Crippen LogP contribution in [0.3, 0.4) is 0 Å². The average Bonchev–Trinajstić information content (AvgIpc) is 3.33. The summed E-state index contributed by atoms with van der Waals surface area (Å²) < 4.78 is 40.1. The van der Waals surface area contributed by atoms with Crippen LogP contribution in [-0.2, 0) is 16.4 Å². The van der Waals surface area contributed by atoms with Crippen LogP contribution in [0.4, 0.5) is 0 Å². The van der Waals surface area contributed by atoms with Gasteiger partial charge in [0.25, 0.3) is 5.91 Å².